The van der Waals surface area contributed by atoms with Crippen molar-refractivity contribution in [3.8, 4) is 0 Å². The Morgan fingerprint density at radius 2 is 2.36 bits per heavy atom. The quantitative estimate of drug-likeness (QED) is 0.549. The average Bonchev–Trinajstić information content (AvgIpc) is 2.17. The van der Waals surface area contributed by atoms with Crippen molar-refractivity contribution in [2.45, 2.75) is 6.04 Å². The predicted molar refractivity (Wildman–Crippen MR) is 49.4 cm³/mol. The highest BCUT2D eigenvalue weighted by Gasteiger charge is 2.24. The lowest BCUT2D eigenvalue weighted by molar-refractivity contribution is -0.138. The van der Waals surface area contributed by atoms with E-state index in [2.05, 4.69) is 5.32 Å². The molecule has 1 aliphatic rings. The molecule has 0 aliphatic carbocycles. The second kappa shape index (κ2) is 4.92. The zero-order valence-electron chi connectivity index (χ0n) is 8.16. The largest absolute Gasteiger partial charge is 0.378 e. The van der Waals surface area contributed by atoms with Crippen LogP contribution in [0.25, 0.3) is 0 Å². The molecule has 0 aromatic rings. The molecule has 0 radical (unpaired) electrons. The maximum Gasteiger partial charge on any atom is 0.242 e. The third-order valence-corrected chi connectivity index (χ3v) is 1.99. The summed E-state index contributed by atoms with van der Waals surface area (Å²) in [6, 6.07) is -0.354. The van der Waals surface area contributed by atoms with E-state index in [1.54, 1.807) is 7.05 Å². The summed E-state index contributed by atoms with van der Waals surface area (Å²) in [5.74, 6) is -0.680. The molecule has 3 N–H and O–H groups in total. The number of rotatable bonds is 3. The van der Waals surface area contributed by atoms with Gasteiger partial charge < -0.3 is 20.7 Å². The van der Waals surface area contributed by atoms with E-state index in [4.69, 9.17) is 10.5 Å². The summed E-state index contributed by atoms with van der Waals surface area (Å²) >= 11 is 0. The van der Waals surface area contributed by atoms with E-state index < -0.39 is 5.91 Å². The third kappa shape index (κ3) is 2.97. The van der Waals surface area contributed by atoms with Crippen LogP contribution < -0.4 is 11.1 Å². The molecule has 1 fully saturated rings. The van der Waals surface area contributed by atoms with Gasteiger partial charge in [-0.3, -0.25) is 9.59 Å². The number of ether oxygens (including phenoxy) is 1. The fourth-order valence-corrected chi connectivity index (χ4v) is 1.30. The van der Waals surface area contributed by atoms with Crippen LogP contribution in [0.1, 0.15) is 0 Å². The summed E-state index contributed by atoms with van der Waals surface area (Å²) in [7, 11) is 1.55. The second-order valence-electron chi connectivity index (χ2n) is 3.24. The Hall–Kier alpha value is -1.14. The van der Waals surface area contributed by atoms with E-state index in [0.29, 0.717) is 19.8 Å². The maximum atomic E-state index is 11.6. The molecule has 1 saturated heterocycles. The molecular formula is C8H15N3O3. The van der Waals surface area contributed by atoms with Gasteiger partial charge in [-0.1, -0.05) is 0 Å². The van der Waals surface area contributed by atoms with E-state index in [9.17, 15) is 9.59 Å². The molecule has 1 rings (SSSR count). The molecule has 80 valence electrons. The number of amides is 2. The van der Waals surface area contributed by atoms with E-state index >= 15 is 0 Å². The van der Waals surface area contributed by atoms with Gasteiger partial charge in [0.1, 0.15) is 6.04 Å². The number of nitrogens with one attached hydrogen (secondary N) is 1. The number of morpholine rings is 1. The monoisotopic (exact) mass is 201 g/mol. The first-order chi connectivity index (χ1) is 6.61. The van der Waals surface area contributed by atoms with E-state index in [0.717, 1.165) is 0 Å². The Labute approximate surface area is 82.4 Å². The Balaban J connectivity index is 2.42. The van der Waals surface area contributed by atoms with Crippen LogP contribution in [0.2, 0.25) is 0 Å². The molecule has 1 atom stereocenters. The van der Waals surface area contributed by atoms with Crippen LogP contribution in [-0.2, 0) is 14.3 Å². The van der Waals surface area contributed by atoms with Gasteiger partial charge in [0.15, 0.2) is 0 Å². The Morgan fingerprint density at radius 1 is 1.64 bits per heavy atom. The lowest BCUT2D eigenvalue weighted by Gasteiger charge is -2.26. The number of carbonyl (C=O) groups is 2. The molecule has 6 heteroatoms. The van der Waals surface area contributed by atoms with Crippen molar-refractivity contribution < 1.29 is 14.3 Å². The molecule has 0 aromatic heterocycles. The van der Waals surface area contributed by atoms with Gasteiger partial charge >= 0.3 is 0 Å². The fourth-order valence-electron chi connectivity index (χ4n) is 1.30. The SMILES string of the molecule is CN(CC(N)=O)C(=O)C1COCCN1. The van der Waals surface area contributed by atoms with Crippen molar-refractivity contribution in [3.05, 3.63) is 0 Å². The number of carbonyl (C=O) groups excluding carboxylic acids is 2. The number of hydrogen-bond acceptors (Lipinski definition) is 4. The summed E-state index contributed by atoms with van der Waals surface area (Å²) in [6.07, 6.45) is 0. The van der Waals surface area contributed by atoms with Gasteiger partial charge in [0, 0.05) is 13.6 Å². The highest BCUT2D eigenvalue weighted by Crippen LogP contribution is 1.97. The number of hydrogen-bond donors (Lipinski definition) is 2. The van der Waals surface area contributed by atoms with Crippen LogP contribution >= 0.6 is 0 Å². The lowest BCUT2D eigenvalue weighted by atomic mass is 10.2. The molecule has 0 bridgehead atoms. The Kier molecular flexibility index (Phi) is 3.84. The van der Waals surface area contributed by atoms with Crippen LogP contribution in [0.4, 0.5) is 0 Å². The number of nitrogens with zero attached hydrogens (tertiary/aromatic N) is 1. The predicted octanol–water partition coefficient (Wildman–Crippen LogP) is -2.08. The summed E-state index contributed by atoms with van der Waals surface area (Å²) in [4.78, 5) is 23.5. The zero-order valence-corrected chi connectivity index (χ0v) is 8.16. The molecule has 0 spiro atoms. The number of nitrogens with two attached hydrogens (primary N) is 1. The highest BCUT2D eigenvalue weighted by molar-refractivity contribution is 5.86. The van der Waals surface area contributed by atoms with E-state index in [-0.39, 0.29) is 18.5 Å². The normalized spacial score (nSPS) is 21.6. The molecule has 2 amide bonds. The molecule has 14 heavy (non-hydrogen) atoms. The molecule has 1 unspecified atom stereocenters. The van der Waals surface area contributed by atoms with Crippen molar-refractivity contribution in [2.75, 3.05) is 33.4 Å². The molecule has 0 saturated carbocycles. The fraction of sp³-hybridized carbons (Fsp3) is 0.750. The summed E-state index contributed by atoms with van der Waals surface area (Å²) in [5, 5.41) is 3.00. The van der Waals surface area contributed by atoms with E-state index in [1.165, 1.54) is 4.90 Å². The zero-order chi connectivity index (χ0) is 10.6. The molecule has 0 aromatic carbocycles. The smallest absolute Gasteiger partial charge is 0.242 e. The van der Waals surface area contributed by atoms with Crippen LogP contribution in [-0.4, -0.2) is 56.1 Å². The Morgan fingerprint density at radius 3 is 2.86 bits per heavy atom. The van der Waals surface area contributed by atoms with Gasteiger partial charge in [0.2, 0.25) is 11.8 Å². The van der Waals surface area contributed by atoms with Gasteiger partial charge in [-0.25, -0.2) is 0 Å². The minimum absolute atomic E-state index is 0.0585. The van der Waals surface area contributed by atoms with Gasteiger partial charge in [-0.05, 0) is 0 Å². The molecule has 1 heterocycles. The van der Waals surface area contributed by atoms with Gasteiger partial charge in [0.05, 0.1) is 19.8 Å². The van der Waals surface area contributed by atoms with Crippen molar-refractivity contribution in [3.63, 3.8) is 0 Å². The van der Waals surface area contributed by atoms with Crippen LogP contribution in [0.15, 0.2) is 0 Å². The van der Waals surface area contributed by atoms with Gasteiger partial charge in [0.25, 0.3) is 0 Å². The standard InChI is InChI=1S/C8H15N3O3/c1-11(4-7(9)12)8(13)6-5-14-3-2-10-6/h6,10H,2-5H2,1H3,(H2,9,12). The minimum Gasteiger partial charge on any atom is -0.378 e. The van der Waals surface area contributed by atoms with Crippen LogP contribution in [0, 0.1) is 0 Å². The maximum absolute atomic E-state index is 11.6. The summed E-state index contributed by atoms with van der Waals surface area (Å²) < 4.78 is 5.13. The lowest BCUT2D eigenvalue weighted by Crippen LogP contribution is -2.52. The topological polar surface area (TPSA) is 84.7 Å². The first-order valence-corrected chi connectivity index (χ1v) is 4.45. The van der Waals surface area contributed by atoms with Gasteiger partial charge in [-0.15, -0.1) is 0 Å². The highest BCUT2D eigenvalue weighted by atomic mass is 16.5. The first-order valence-electron chi connectivity index (χ1n) is 4.45. The Bertz CT molecular complexity index is 226. The number of likely N-dealkylation sites (N-methyl/N-ethyl adjacent to an activating group) is 1. The minimum atomic E-state index is -0.516. The number of primary amides is 1. The second-order valence-corrected chi connectivity index (χ2v) is 3.24. The van der Waals surface area contributed by atoms with Crippen LogP contribution in [0.5, 0.6) is 0 Å². The average molecular weight is 201 g/mol. The third-order valence-electron chi connectivity index (χ3n) is 1.99. The molecule has 6 nitrogen and oxygen atoms in total. The van der Waals surface area contributed by atoms with E-state index in [1.807, 2.05) is 0 Å². The van der Waals surface area contributed by atoms with Gasteiger partial charge in [-0.2, -0.15) is 0 Å². The van der Waals surface area contributed by atoms with Crippen molar-refractivity contribution >= 4 is 11.8 Å². The summed E-state index contributed by atoms with van der Waals surface area (Å²) in [5.41, 5.74) is 4.98. The van der Waals surface area contributed by atoms with Crippen molar-refractivity contribution in [1.82, 2.24) is 10.2 Å². The summed E-state index contributed by atoms with van der Waals surface area (Å²) in [6.45, 7) is 1.56. The first kappa shape index (κ1) is 10.9. The van der Waals surface area contributed by atoms with Crippen molar-refractivity contribution in [2.24, 2.45) is 5.73 Å². The van der Waals surface area contributed by atoms with Crippen LogP contribution in [0.3, 0.4) is 0 Å². The molecule has 1 aliphatic heterocycles. The van der Waals surface area contributed by atoms with Crippen molar-refractivity contribution in [1.29, 1.82) is 0 Å². The molecular weight excluding hydrogens is 186 g/mol.